The number of aryl methyl sites for hydroxylation is 2. The molecule has 0 spiro atoms. The summed E-state index contributed by atoms with van der Waals surface area (Å²) < 4.78 is 33.4. The van der Waals surface area contributed by atoms with Gasteiger partial charge in [-0.25, -0.2) is 8.42 Å². The van der Waals surface area contributed by atoms with Crippen LogP contribution in [0, 0.1) is 13.8 Å². The molecule has 3 aromatic carbocycles. The van der Waals surface area contributed by atoms with E-state index < -0.39 is 10.0 Å². The molecule has 0 radical (unpaired) electrons. The van der Waals surface area contributed by atoms with Crippen molar-refractivity contribution in [3.8, 4) is 5.75 Å². The highest BCUT2D eigenvalue weighted by Gasteiger charge is 2.27. The number of thioether (sulfide) groups is 1. The first-order chi connectivity index (χ1) is 16.8. The number of rotatable bonds is 12. The maximum absolute atomic E-state index is 13.5. The minimum absolute atomic E-state index is 0.111. The molecule has 0 atom stereocenters. The van der Waals surface area contributed by atoms with Crippen molar-refractivity contribution in [2.75, 3.05) is 30.3 Å². The summed E-state index contributed by atoms with van der Waals surface area (Å²) in [4.78, 5) is 12.8. The average Bonchev–Trinajstić information content (AvgIpc) is 2.85. The summed E-state index contributed by atoms with van der Waals surface area (Å²) >= 11 is 1.82. The Hall–Kier alpha value is -2.97. The van der Waals surface area contributed by atoms with Gasteiger partial charge in [-0.1, -0.05) is 48.0 Å². The Kier molecular flexibility index (Phi) is 9.63. The Bertz CT molecular complexity index is 1230. The maximum atomic E-state index is 13.5. The lowest BCUT2D eigenvalue weighted by Crippen LogP contribution is -2.41. The van der Waals surface area contributed by atoms with Gasteiger partial charge in [-0.3, -0.25) is 9.10 Å². The van der Waals surface area contributed by atoms with Crippen LogP contribution in [0.2, 0.25) is 0 Å². The number of ether oxygens (including phenoxy) is 1. The molecule has 0 saturated heterocycles. The molecule has 3 rings (SSSR count). The molecule has 0 fully saturated rings. The van der Waals surface area contributed by atoms with Gasteiger partial charge in [0.05, 0.1) is 17.7 Å². The topological polar surface area (TPSA) is 75.7 Å². The van der Waals surface area contributed by atoms with E-state index in [0.29, 0.717) is 23.5 Å². The molecule has 0 aliphatic carbocycles. The number of methoxy groups -OCH3 is 1. The van der Waals surface area contributed by atoms with E-state index in [1.54, 1.807) is 49.4 Å². The number of anilines is 1. The van der Waals surface area contributed by atoms with Crippen molar-refractivity contribution in [2.45, 2.75) is 30.9 Å². The second-order valence-electron chi connectivity index (χ2n) is 8.22. The predicted molar refractivity (Wildman–Crippen MR) is 144 cm³/mol. The maximum Gasteiger partial charge on any atom is 0.264 e. The molecule has 0 aliphatic rings. The van der Waals surface area contributed by atoms with E-state index in [9.17, 15) is 13.2 Å². The fraction of sp³-hybridized carbons (Fsp3) is 0.296. The van der Waals surface area contributed by atoms with Crippen molar-refractivity contribution < 1.29 is 17.9 Å². The summed E-state index contributed by atoms with van der Waals surface area (Å²) in [6.07, 6.45) is 0.804. The second-order valence-corrected chi connectivity index (χ2v) is 11.2. The SMILES string of the molecule is COc1ccc(S(=O)(=O)N(CC(=O)NCCCSCc2cccc(C)c2)c2ccccc2)cc1C. The highest BCUT2D eigenvalue weighted by Crippen LogP contribution is 2.27. The summed E-state index contributed by atoms with van der Waals surface area (Å²) in [7, 11) is -2.42. The van der Waals surface area contributed by atoms with Crippen LogP contribution in [-0.2, 0) is 20.6 Å². The van der Waals surface area contributed by atoms with Crippen LogP contribution in [0.1, 0.15) is 23.1 Å². The van der Waals surface area contributed by atoms with Crippen LogP contribution < -0.4 is 14.4 Å². The summed E-state index contributed by atoms with van der Waals surface area (Å²) in [5.41, 5.74) is 3.67. The Morgan fingerprint density at radius 3 is 2.46 bits per heavy atom. The molecular formula is C27H32N2O4S2. The molecule has 0 aliphatic heterocycles. The largest absolute Gasteiger partial charge is 0.496 e. The summed E-state index contributed by atoms with van der Waals surface area (Å²) in [6.45, 7) is 4.06. The van der Waals surface area contributed by atoms with Crippen LogP contribution in [0.3, 0.4) is 0 Å². The third-order valence-electron chi connectivity index (χ3n) is 5.42. The van der Waals surface area contributed by atoms with Crippen molar-refractivity contribution in [3.63, 3.8) is 0 Å². The minimum atomic E-state index is -3.96. The number of hydrogen-bond donors (Lipinski definition) is 1. The van der Waals surface area contributed by atoms with Gasteiger partial charge in [0, 0.05) is 12.3 Å². The zero-order valence-electron chi connectivity index (χ0n) is 20.4. The molecule has 6 nitrogen and oxygen atoms in total. The highest BCUT2D eigenvalue weighted by atomic mass is 32.2. The summed E-state index contributed by atoms with van der Waals surface area (Å²) in [5, 5.41) is 2.87. The summed E-state index contributed by atoms with van der Waals surface area (Å²) in [6, 6.07) is 21.8. The van der Waals surface area contributed by atoms with Crippen LogP contribution in [0.5, 0.6) is 5.75 Å². The van der Waals surface area contributed by atoms with Gasteiger partial charge < -0.3 is 10.1 Å². The third kappa shape index (κ3) is 7.50. The number of amides is 1. The molecule has 0 saturated carbocycles. The Morgan fingerprint density at radius 1 is 1.00 bits per heavy atom. The Balaban J connectivity index is 1.60. The highest BCUT2D eigenvalue weighted by molar-refractivity contribution is 7.98. The van der Waals surface area contributed by atoms with E-state index in [0.717, 1.165) is 22.2 Å². The lowest BCUT2D eigenvalue weighted by Gasteiger charge is -2.24. The molecule has 8 heteroatoms. The molecule has 0 bridgehead atoms. The van der Waals surface area contributed by atoms with Crippen LogP contribution in [0.25, 0.3) is 0 Å². The lowest BCUT2D eigenvalue weighted by atomic mass is 10.2. The van der Waals surface area contributed by atoms with Crippen molar-refractivity contribution in [1.29, 1.82) is 0 Å². The van der Waals surface area contributed by atoms with Crippen molar-refractivity contribution in [2.24, 2.45) is 0 Å². The Morgan fingerprint density at radius 2 is 1.77 bits per heavy atom. The molecule has 1 N–H and O–H groups in total. The number of para-hydroxylation sites is 1. The molecule has 0 heterocycles. The van der Waals surface area contributed by atoms with E-state index in [4.69, 9.17) is 4.74 Å². The third-order valence-corrected chi connectivity index (χ3v) is 8.31. The minimum Gasteiger partial charge on any atom is -0.496 e. The number of benzene rings is 3. The zero-order valence-corrected chi connectivity index (χ0v) is 22.0. The van der Waals surface area contributed by atoms with Crippen LogP contribution in [-0.4, -0.2) is 40.3 Å². The normalized spacial score (nSPS) is 11.2. The first-order valence-electron chi connectivity index (χ1n) is 11.4. The van der Waals surface area contributed by atoms with E-state index in [1.165, 1.54) is 24.3 Å². The van der Waals surface area contributed by atoms with Gasteiger partial charge in [-0.2, -0.15) is 11.8 Å². The zero-order chi connectivity index (χ0) is 25.3. The molecule has 0 aromatic heterocycles. The van der Waals surface area contributed by atoms with Crippen molar-refractivity contribution >= 4 is 33.4 Å². The molecule has 1 amide bonds. The fourth-order valence-electron chi connectivity index (χ4n) is 3.63. The number of nitrogens with one attached hydrogen (secondary N) is 1. The van der Waals surface area contributed by atoms with Gasteiger partial charge in [-0.05, 0) is 67.5 Å². The Labute approximate surface area is 212 Å². The summed E-state index contributed by atoms with van der Waals surface area (Å²) in [5.74, 6) is 2.09. The first-order valence-corrected chi connectivity index (χ1v) is 14.0. The van der Waals surface area contributed by atoms with Crippen LogP contribution >= 0.6 is 11.8 Å². The van der Waals surface area contributed by atoms with E-state index >= 15 is 0 Å². The molecular weight excluding hydrogens is 480 g/mol. The monoisotopic (exact) mass is 512 g/mol. The number of hydrogen-bond acceptors (Lipinski definition) is 5. The van der Waals surface area contributed by atoms with Gasteiger partial charge in [0.25, 0.3) is 10.0 Å². The van der Waals surface area contributed by atoms with Gasteiger partial charge in [0.2, 0.25) is 5.91 Å². The fourth-order valence-corrected chi connectivity index (χ4v) is 6.04. The quantitative estimate of drug-likeness (QED) is 0.348. The van der Waals surface area contributed by atoms with Gasteiger partial charge in [0.1, 0.15) is 12.3 Å². The van der Waals surface area contributed by atoms with E-state index in [-0.39, 0.29) is 17.3 Å². The first kappa shape index (κ1) is 26.6. The van der Waals surface area contributed by atoms with Crippen molar-refractivity contribution in [3.05, 3.63) is 89.5 Å². The van der Waals surface area contributed by atoms with Gasteiger partial charge >= 0.3 is 0 Å². The molecule has 186 valence electrons. The predicted octanol–water partition coefficient (Wildman–Crippen LogP) is 4.95. The molecule has 3 aromatic rings. The van der Waals surface area contributed by atoms with E-state index in [1.807, 2.05) is 11.8 Å². The second kappa shape index (κ2) is 12.7. The van der Waals surface area contributed by atoms with Crippen molar-refractivity contribution in [1.82, 2.24) is 5.32 Å². The number of sulfonamides is 1. The van der Waals surface area contributed by atoms with Crippen LogP contribution in [0.4, 0.5) is 5.69 Å². The van der Waals surface area contributed by atoms with Gasteiger partial charge in [-0.15, -0.1) is 0 Å². The van der Waals surface area contributed by atoms with Crippen LogP contribution in [0.15, 0.2) is 77.7 Å². The van der Waals surface area contributed by atoms with Gasteiger partial charge in [0.15, 0.2) is 0 Å². The van der Waals surface area contributed by atoms with E-state index in [2.05, 4.69) is 36.5 Å². The molecule has 0 unspecified atom stereocenters. The average molecular weight is 513 g/mol. The number of nitrogens with zero attached hydrogens (tertiary/aromatic N) is 1. The smallest absolute Gasteiger partial charge is 0.264 e. The standard InChI is InChI=1S/C27H32N2O4S2/c1-21-9-7-10-23(17-21)20-34-16-8-15-28-27(30)19-29(24-11-5-4-6-12-24)35(31,32)25-13-14-26(33-3)22(2)18-25/h4-7,9-14,17-18H,8,15-16,19-20H2,1-3H3,(H,28,30). The molecule has 35 heavy (non-hydrogen) atoms. The number of carbonyl (C=O) groups is 1. The lowest BCUT2D eigenvalue weighted by molar-refractivity contribution is -0.119. The number of carbonyl (C=O) groups excluding carboxylic acids is 1.